The highest BCUT2D eigenvalue weighted by Crippen LogP contribution is 2.15. The molecule has 0 radical (unpaired) electrons. The molecule has 0 amide bonds. The molecule has 17 heavy (non-hydrogen) atoms. The number of carbonyl (C=O) groups is 1. The molecule has 0 bridgehead atoms. The molecular formula is C10H6N4O3. The van der Waals surface area contributed by atoms with Crippen molar-refractivity contribution in [2.45, 2.75) is 0 Å². The van der Waals surface area contributed by atoms with Crippen molar-refractivity contribution in [3.05, 3.63) is 40.6 Å². The number of carboxylic acids is 1. The number of carboxylic acid groups (broad SMARTS) is 1. The number of aromatic amines is 1. The zero-order chi connectivity index (χ0) is 12.0. The highest BCUT2D eigenvalue weighted by atomic mass is 16.4. The number of imidazole rings is 1. The molecule has 3 aromatic rings. The van der Waals surface area contributed by atoms with Gasteiger partial charge in [-0.05, 0) is 12.1 Å². The van der Waals surface area contributed by atoms with Gasteiger partial charge in [0.15, 0.2) is 11.3 Å². The number of nitrogens with zero attached hydrogens (tertiary/aromatic N) is 3. The van der Waals surface area contributed by atoms with E-state index < -0.39 is 11.7 Å². The predicted molar refractivity (Wildman–Crippen MR) is 58.1 cm³/mol. The predicted octanol–water partition coefficient (Wildman–Crippen LogP) is 0.269. The van der Waals surface area contributed by atoms with Crippen LogP contribution in [0.5, 0.6) is 0 Å². The first-order chi connectivity index (χ1) is 8.16. The largest absolute Gasteiger partial charge is 0.477 e. The average molecular weight is 230 g/mol. The molecule has 0 unspecified atom stereocenters. The highest BCUT2D eigenvalue weighted by molar-refractivity contribution is 5.98. The van der Waals surface area contributed by atoms with Crippen LogP contribution in [0.2, 0.25) is 0 Å². The summed E-state index contributed by atoms with van der Waals surface area (Å²) in [4.78, 5) is 32.3. The third-order valence-corrected chi connectivity index (χ3v) is 2.39. The van der Waals surface area contributed by atoms with E-state index in [1.54, 1.807) is 28.8 Å². The number of rotatable bonds is 1. The van der Waals surface area contributed by atoms with Gasteiger partial charge in [0.25, 0.3) is 0 Å². The first-order valence-electron chi connectivity index (χ1n) is 4.77. The van der Waals surface area contributed by atoms with Crippen molar-refractivity contribution in [2.24, 2.45) is 0 Å². The van der Waals surface area contributed by atoms with Gasteiger partial charge in [-0.15, -0.1) is 0 Å². The number of fused-ring (bicyclic) bond motifs is 3. The second-order valence-corrected chi connectivity index (χ2v) is 3.43. The molecule has 0 aliphatic heterocycles. The summed E-state index contributed by atoms with van der Waals surface area (Å²) in [6.45, 7) is 0. The summed E-state index contributed by atoms with van der Waals surface area (Å²) in [6.07, 6.45) is 1.67. The van der Waals surface area contributed by atoms with Crippen molar-refractivity contribution in [1.82, 2.24) is 19.4 Å². The number of hydrogen-bond donors (Lipinski definition) is 2. The molecular weight excluding hydrogens is 224 g/mol. The van der Waals surface area contributed by atoms with Gasteiger partial charge in [0.1, 0.15) is 11.2 Å². The van der Waals surface area contributed by atoms with Crippen LogP contribution in [-0.2, 0) is 0 Å². The molecule has 2 N–H and O–H groups in total. The van der Waals surface area contributed by atoms with Crippen LogP contribution in [0, 0.1) is 0 Å². The van der Waals surface area contributed by atoms with E-state index in [0.29, 0.717) is 5.65 Å². The maximum atomic E-state index is 11.3. The van der Waals surface area contributed by atoms with Crippen LogP contribution in [0.15, 0.2) is 29.2 Å². The van der Waals surface area contributed by atoms with Crippen molar-refractivity contribution in [1.29, 1.82) is 0 Å². The molecule has 0 saturated carbocycles. The average Bonchev–Trinajstić information content (AvgIpc) is 2.66. The van der Waals surface area contributed by atoms with E-state index in [0.717, 1.165) is 0 Å². The lowest BCUT2D eigenvalue weighted by Gasteiger charge is -1.95. The number of aromatic carboxylic acids is 1. The summed E-state index contributed by atoms with van der Waals surface area (Å²) < 4.78 is 1.57. The molecule has 3 aromatic heterocycles. The van der Waals surface area contributed by atoms with Crippen LogP contribution in [0.1, 0.15) is 10.5 Å². The SMILES string of the molecule is O=C(O)c1[nH]c(=O)nc2c1nc1ccccn12. The Bertz CT molecular complexity index is 802. The fourth-order valence-corrected chi connectivity index (χ4v) is 1.70. The molecule has 0 aliphatic rings. The third kappa shape index (κ3) is 1.29. The molecule has 7 nitrogen and oxygen atoms in total. The van der Waals surface area contributed by atoms with Gasteiger partial charge in [0.05, 0.1) is 0 Å². The van der Waals surface area contributed by atoms with Gasteiger partial charge in [-0.3, -0.25) is 9.38 Å². The number of pyridine rings is 1. The summed E-state index contributed by atoms with van der Waals surface area (Å²) in [5.41, 5.74) is -0.00852. The van der Waals surface area contributed by atoms with Gasteiger partial charge in [-0.2, -0.15) is 4.98 Å². The summed E-state index contributed by atoms with van der Waals surface area (Å²) in [5, 5.41) is 8.99. The summed E-state index contributed by atoms with van der Waals surface area (Å²) in [6, 6.07) is 5.22. The van der Waals surface area contributed by atoms with Gasteiger partial charge in [0, 0.05) is 6.20 Å². The minimum Gasteiger partial charge on any atom is -0.477 e. The molecule has 0 aromatic carbocycles. The van der Waals surface area contributed by atoms with Gasteiger partial charge >= 0.3 is 11.7 Å². The molecule has 0 fully saturated rings. The Morgan fingerprint density at radius 3 is 2.94 bits per heavy atom. The zero-order valence-corrected chi connectivity index (χ0v) is 8.41. The maximum absolute atomic E-state index is 11.3. The first-order valence-corrected chi connectivity index (χ1v) is 4.77. The van der Waals surface area contributed by atoms with E-state index in [9.17, 15) is 9.59 Å². The van der Waals surface area contributed by atoms with Crippen LogP contribution in [-0.4, -0.2) is 30.4 Å². The van der Waals surface area contributed by atoms with E-state index in [4.69, 9.17) is 5.11 Å². The summed E-state index contributed by atoms with van der Waals surface area (Å²) >= 11 is 0. The van der Waals surface area contributed by atoms with Crippen LogP contribution < -0.4 is 5.69 Å². The number of hydrogen-bond acceptors (Lipinski definition) is 4. The minimum absolute atomic E-state index is 0.170. The summed E-state index contributed by atoms with van der Waals surface area (Å²) in [7, 11) is 0. The van der Waals surface area contributed by atoms with Crippen LogP contribution in [0.25, 0.3) is 16.8 Å². The smallest absolute Gasteiger partial charge is 0.354 e. The van der Waals surface area contributed by atoms with E-state index in [1.165, 1.54) is 0 Å². The minimum atomic E-state index is -1.24. The zero-order valence-electron chi connectivity index (χ0n) is 8.41. The monoisotopic (exact) mass is 230 g/mol. The molecule has 0 spiro atoms. The van der Waals surface area contributed by atoms with Crippen molar-refractivity contribution in [3.63, 3.8) is 0 Å². The van der Waals surface area contributed by atoms with Gasteiger partial charge in [0.2, 0.25) is 0 Å². The molecule has 7 heteroatoms. The molecule has 0 aliphatic carbocycles. The second-order valence-electron chi connectivity index (χ2n) is 3.43. The third-order valence-electron chi connectivity index (χ3n) is 2.39. The van der Waals surface area contributed by atoms with Crippen LogP contribution >= 0.6 is 0 Å². The lowest BCUT2D eigenvalue weighted by molar-refractivity contribution is 0.0692. The summed E-state index contributed by atoms with van der Waals surface area (Å²) in [5.74, 6) is -1.24. The Morgan fingerprint density at radius 2 is 2.18 bits per heavy atom. The van der Waals surface area contributed by atoms with E-state index in [1.807, 2.05) is 0 Å². The normalized spacial score (nSPS) is 11.1. The Hall–Kier alpha value is -2.70. The lowest BCUT2D eigenvalue weighted by Crippen LogP contribution is -2.16. The maximum Gasteiger partial charge on any atom is 0.354 e. The van der Waals surface area contributed by atoms with E-state index >= 15 is 0 Å². The number of aromatic nitrogens is 4. The molecule has 0 saturated heterocycles. The fraction of sp³-hybridized carbons (Fsp3) is 0. The number of nitrogens with one attached hydrogen (secondary N) is 1. The van der Waals surface area contributed by atoms with Gasteiger partial charge < -0.3 is 5.11 Å². The Labute approximate surface area is 93.4 Å². The first kappa shape index (κ1) is 9.52. The molecule has 84 valence electrons. The topological polar surface area (TPSA) is 100 Å². The molecule has 3 heterocycles. The molecule has 0 atom stereocenters. The fourth-order valence-electron chi connectivity index (χ4n) is 1.70. The highest BCUT2D eigenvalue weighted by Gasteiger charge is 2.16. The van der Waals surface area contributed by atoms with Crippen molar-refractivity contribution in [3.8, 4) is 0 Å². The Morgan fingerprint density at radius 1 is 1.35 bits per heavy atom. The second kappa shape index (κ2) is 3.14. The Balaban J connectivity index is 2.60. The van der Waals surface area contributed by atoms with Crippen molar-refractivity contribution < 1.29 is 9.90 Å². The number of H-pyrrole nitrogens is 1. The molecule has 3 rings (SSSR count). The standard InChI is InChI=1S/C10H6N4O3/c15-9(16)7-6-8(13-10(17)12-7)14-4-2-1-3-5(14)11-6/h1-4H,(H,15,16)(H,12,13,17). The van der Waals surface area contributed by atoms with Crippen LogP contribution in [0.3, 0.4) is 0 Å². The van der Waals surface area contributed by atoms with Gasteiger partial charge in [-0.25, -0.2) is 14.6 Å². The van der Waals surface area contributed by atoms with Crippen molar-refractivity contribution in [2.75, 3.05) is 0 Å². The van der Waals surface area contributed by atoms with E-state index in [2.05, 4.69) is 15.0 Å². The quantitative estimate of drug-likeness (QED) is 0.624. The van der Waals surface area contributed by atoms with Gasteiger partial charge in [-0.1, -0.05) is 6.07 Å². The Kier molecular flexibility index (Phi) is 1.76. The van der Waals surface area contributed by atoms with E-state index in [-0.39, 0.29) is 16.9 Å². The lowest BCUT2D eigenvalue weighted by atomic mass is 10.3. The van der Waals surface area contributed by atoms with Crippen molar-refractivity contribution >= 4 is 22.8 Å². The van der Waals surface area contributed by atoms with Crippen LogP contribution in [0.4, 0.5) is 0 Å².